The predicted molar refractivity (Wildman–Crippen MR) is 202 cm³/mol. The summed E-state index contributed by atoms with van der Waals surface area (Å²) >= 11 is 0. The SMILES string of the molecule is CCn1nc(C)cc1Nc1nc2cc(C(N)=O)ccc2n1CCC1CCN(C(=O)Cn2c(Nc3cc(C)nn3CC)nc3cc(C(N)=O)ccc32)CC1. The zero-order valence-electron chi connectivity index (χ0n) is 30.5. The minimum absolute atomic E-state index is 0.00914. The van der Waals surface area contributed by atoms with E-state index in [0.717, 1.165) is 53.3 Å². The van der Waals surface area contributed by atoms with E-state index in [1.165, 1.54) is 0 Å². The van der Waals surface area contributed by atoms with E-state index in [9.17, 15) is 14.4 Å². The number of likely N-dealkylation sites (tertiary alicyclic amines) is 1. The maximum atomic E-state index is 13.9. The van der Waals surface area contributed by atoms with Crippen molar-refractivity contribution in [1.29, 1.82) is 0 Å². The van der Waals surface area contributed by atoms with E-state index >= 15 is 0 Å². The summed E-state index contributed by atoms with van der Waals surface area (Å²) in [6.07, 6.45) is 2.61. The van der Waals surface area contributed by atoms with Crippen molar-refractivity contribution in [2.75, 3.05) is 23.7 Å². The summed E-state index contributed by atoms with van der Waals surface area (Å²) in [6, 6.07) is 14.4. The molecule has 4 aromatic heterocycles. The molecule has 6 N–H and O–H groups in total. The molecule has 16 heteroatoms. The number of hydrogen-bond donors (Lipinski definition) is 4. The van der Waals surface area contributed by atoms with E-state index in [0.29, 0.717) is 72.7 Å². The summed E-state index contributed by atoms with van der Waals surface area (Å²) in [5.41, 5.74) is 16.5. The fourth-order valence-corrected chi connectivity index (χ4v) is 7.16. The van der Waals surface area contributed by atoms with Gasteiger partial charge in [-0.1, -0.05) is 0 Å². The lowest BCUT2D eigenvalue weighted by molar-refractivity contribution is -0.133. The Balaban J connectivity index is 1.06. The number of amides is 3. The van der Waals surface area contributed by atoms with Gasteiger partial charge in [-0.2, -0.15) is 10.2 Å². The average molecular weight is 720 g/mol. The molecule has 0 saturated carbocycles. The van der Waals surface area contributed by atoms with E-state index in [1.54, 1.807) is 30.3 Å². The third-order valence-electron chi connectivity index (χ3n) is 9.97. The van der Waals surface area contributed by atoms with Gasteiger partial charge in [0.05, 0.1) is 33.5 Å². The van der Waals surface area contributed by atoms with Crippen molar-refractivity contribution < 1.29 is 14.4 Å². The summed E-state index contributed by atoms with van der Waals surface area (Å²) in [6.45, 7) is 11.3. The molecule has 53 heavy (non-hydrogen) atoms. The molecule has 0 bridgehead atoms. The van der Waals surface area contributed by atoms with Crippen LogP contribution >= 0.6 is 0 Å². The Hall–Kier alpha value is -6.19. The van der Waals surface area contributed by atoms with Crippen LogP contribution in [0.15, 0.2) is 48.5 Å². The molecule has 3 amide bonds. The molecule has 0 spiro atoms. The standard InChI is InChI=1S/C37H45N13O3/c1-5-49-31(17-22(3)44-49)42-36-40-27-19-25(34(38)52)7-9-29(27)47(36)16-13-24-11-14-46(15-12-24)33(51)21-48-30-10-8-26(35(39)53)20-28(30)41-37(48)43-32-18-23(4)45-50(32)6-2/h7-10,17-20,24H,5-6,11-16,21H2,1-4H3,(H2,38,52)(H2,39,53)(H,40,42)(H,41,43). The number of benzene rings is 2. The molecule has 16 nitrogen and oxygen atoms in total. The maximum absolute atomic E-state index is 13.9. The van der Waals surface area contributed by atoms with Gasteiger partial charge in [-0.3, -0.25) is 14.4 Å². The van der Waals surface area contributed by atoms with Crippen LogP contribution in [0.2, 0.25) is 0 Å². The summed E-state index contributed by atoms with van der Waals surface area (Å²) in [4.78, 5) is 49.2. The second-order valence-corrected chi connectivity index (χ2v) is 13.6. The molecule has 0 unspecified atom stereocenters. The second kappa shape index (κ2) is 14.4. The van der Waals surface area contributed by atoms with Crippen molar-refractivity contribution in [3.8, 4) is 0 Å². The first kappa shape index (κ1) is 35.2. The van der Waals surface area contributed by atoms with Crippen LogP contribution in [0.4, 0.5) is 23.5 Å². The van der Waals surface area contributed by atoms with Gasteiger partial charge < -0.3 is 36.1 Å². The Morgan fingerprint density at radius 2 is 1.23 bits per heavy atom. The van der Waals surface area contributed by atoms with Crippen molar-refractivity contribution in [3.63, 3.8) is 0 Å². The number of primary amides is 2. The fourth-order valence-electron chi connectivity index (χ4n) is 7.16. The summed E-state index contributed by atoms with van der Waals surface area (Å²) in [5.74, 6) is 2.10. The van der Waals surface area contributed by atoms with Crippen LogP contribution < -0.4 is 22.1 Å². The highest BCUT2D eigenvalue weighted by atomic mass is 16.2. The van der Waals surface area contributed by atoms with Crippen molar-refractivity contribution in [1.82, 2.24) is 43.6 Å². The predicted octanol–water partition coefficient (Wildman–Crippen LogP) is 4.45. The van der Waals surface area contributed by atoms with Crippen LogP contribution in [-0.2, 0) is 31.0 Å². The van der Waals surface area contributed by atoms with E-state index in [-0.39, 0.29) is 12.5 Å². The quantitative estimate of drug-likeness (QED) is 0.133. The molecule has 5 heterocycles. The number of carbonyl (C=O) groups excluding carboxylic acids is 3. The van der Waals surface area contributed by atoms with Gasteiger partial charge in [0.25, 0.3) is 0 Å². The largest absolute Gasteiger partial charge is 0.366 e. The zero-order valence-corrected chi connectivity index (χ0v) is 30.5. The number of aryl methyl sites for hydroxylation is 5. The first-order valence-electron chi connectivity index (χ1n) is 18.0. The molecule has 1 aliphatic heterocycles. The number of imidazole rings is 2. The number of piperidine rings is 1. The molecule has 1 saturated heterocycles. The number of nitrogens with one attached hydrogen (secondary N) is 2. The Morgan fingerprint density at radius 3 is 1.72 bits per heavy atom. The van der Waals surface area contributed by atoms with Crippen molar-refractivity contribution in [2.45, 2.75) is 73.1 Å². The van der Waals surface area contributed by atoms with Gasteiger partial charge >= 0.3 is 0 Å². The average Bonchev–Trinajstić information content (AvgIpc) is 3.89. The lowest BCUT2D eigenvalue weighted by Gasteiger charge is -2.32. The van der Waals surface area contributed by atoms with Crippen LogP contribution in [0.25, 0.3) is 22.1 Å². The van der Waals surface area contributed by atoms with Crippen molar-refractivity contribution in [3.05, 3.63) is 71.0 Å². The van der Waals surface area contributed by atoms with Gasteiger partial charge in [0.2, 0.25) is 29.6 Å². The molecule has 0 aliphatic carbocycles. The fraction of sp³-hybridized carbons (Fsp3) is 0.378. The lowest BCUT2D eigenvalue weighted by atomic mass is 9.93. The third-order valence-corrected chi connectivity index (χ3v) is 9.97. The van der Waals surface area contributed by atoms with Gasteiger partial charge in [-0.05, 0) is 89.3 Å². The molecular weight excluding hydrogens is 674 g/mol. The molecule has 6 aromatic rings. The highest BCUT2D eigenvalue weighted by molar-refractivity contribution is 5.97. The number of hydrogen-bond acceptors (Lipinski definition) is 9. The van der Waals surface area contributed by atoms with Gasteiger partial charge in [0.15, 0.2) is 0 Å². The van der Waals surface area contributed by atoms with Crippen LogP contribution in [-0.4, -0.2) is 74.4 Å². The van der Waals surface area contributed by atoms with E-state index in [4.69, 9.17) is 21.4 Å². The number of anilines is 4. The van der Waals surface area contributed by atoms with Crippen LogP contribution in [0.5, 0.6) is 0 Å². The number of aromatic nitrogens is 8. The second-order valence-electron chi connectivity index (χ2n) is 13.6. The minimum atomic E-state index is -0.542. The van der Waals surface area contributed by atoms with E-state index in [2.05, 4.69) is 25.4 Å². The Labute approximate surface area is 306 Å². The Morgan fingerprint density at radius 1 is 0.736 bits per heavy atom. The minimum Gasteiger partial charge on any atom is -0.366 e. The lowest BCUT2D eigenvalue weighted by Crippen LogP contribution is -2.40. The first-order chi connectivity index (χ1) is 25.5. The highest BCUT2D eigenvalue weighted by Crippen LogP contribution is 2.29. The summed E-state index contributed by atoms with van der Waals surface area (Å²) in [7, 11) is 0. The highest BCUT2D eigenvalue weighted by Gasteiger charge is 2.26. The smallest absolute Gasteiger partial charge is 0.248 e. The molecule has 1 fully saturated rings. The van der Waals surface area contributed by atoms with Gasteiger partial charge in [-0.25, -0.2) is 19.3 Å². The summed E-state index contributed by atoms with van der Waals surface area (Å²) < 4.78 is 7.73. The Kier molecular flexibility index (Phi) is 9.60. The molecule has 0 radical (unpaired) electrons. The van der Waals surface area contributed by atoms with Gasteiger partial charge in [0.1, 0.15) is 18.2 Å². The first-order valence-corrected chi connectivity index (χ1v) is 18.0. The van der Waals surface area contributed by atoms with Crippen LogP contribution in [0.3, 0.4) is 0 Å². The number of fused-ring (bicyclic) bond motifs is 2. The van der Waals surface area contributed by atoms with Crippen LogP contribution in [0.1, 0.15) is 65.2 Å². The normalized spacial score (nSPS) is 13.6. The Bertz CT molecular complexity index is 2340. The van der Waals surface area contributed by atoms with Gasteiger partial charge in [0, 0.05) is 56.0 Å². The van der Waals surface area contributed by atoms with Gasteiger partial charge in [-0.15, -0.1) is 0 Å². The third kappa shape index (κ3) is 7.16. The number of nitrogens with two attached hydrogens (primary N) is 2. The number of nitrogens with zero attached hydrogens (tertiary/aromatic N) is 9. The molecule has 7 rings (SSSR count). The maximum Gasteiger partial charge on any atom is 0.248 e. The molecule has 0 atom stereocenters. The molecule has 1 aliphatic rings. The monoisotopic (exact) mass is 719 g/mol. The van der Waals surface area contributed by atoms with Crippen LogP contribution in [0, 0.1) is 19.8 Å². The zero-order chi connectivity index (χ0) is 37.4. The molecule has 2 aromatic carbocycles. The number of rotatable bonds is 13. The molecular formula is C37H45N13O3. The van der Waals surface area contributed by atoms with Crippen molar-refractivity contribution in [2.24, 2.45) is 17.4 Å². The topological polar surface area (TPSA) is 202 Å². The molecule has 276 valence electrons. The number of carbonyl (C=O) groups is 3. The van der Waals surface area contributed by atoms with E-state index in [1.807, 2.05) is 64.7 Å². The van der Waals surface area contributed by atoms with Crippen molar-refractivity contribution >= 4 is 63.3 Å². The van der Waals surface area contributed by atoms with E-state index < -0.39 is 11.8 Å². The summed E-state index contributed by atoms with van der Waals surface area (Å²) in [5, 5.41) is 15.9.